The van der Waals surface area contributed by atoms with Gasteiger partial charge in [-0.2, -0.15) is 0 Å². The summed E-state index contributed by atoms with van der Waals surface area (Å²) in [5, 5.41) is 29.0. The maximum Gasteiger partial charge on any atom is 0.320 e. The van der Waals surface area contributed by atoms with Crippen molar-refractivity contribution in [1.29, 1.82) is 0 Å². The number of rotatable bonds is 6. The molecule has 0 saturated heterocycles. The highest BCUT2D eigenvalue weighted by molar-refractivity contribution is 5.73. The van der Waals surface area contributed by atoms with Gasteiger partial charge < -0.3 is 21.7 Å². The highest BCUT2D eigenvalue weighted by Gasteiger charge is 2.11. The van der Waals surface area contributed by atoms with Crippen molar-refractivity contribution in [3.63, 3.8) is 0 Å². The van der Waals surface area contributed by atoms with Crippen LogP contribution in [0.2, 0.25) is 0 Å². The highest BCUT2D eigenvalue weighted by atomic mass is 17.0. The molecule has 2 aromatic rings. The monoisotopic (exact) mass is 364 g/mol. The van der Waals surface area contributed by atoms with Gasteiger partial charge in [-0.15, -0.1) is 0 Å². The molecule has 0 bridgehead atoms. The summed E-state index contributed by atoms with van der Waals surface area (Å²) in [7, 11) is 0. The van der Waals surface area contributed by atoms with E-state index in [9.17, 15) is 9.59 Å². The number of nitrogens with two attached hydrogens (primary N) is 2. The van der Waals surface area contributed by atoms with E-state index in [0.29, 0.717) is 12.8 Å². The number of hydrogen-bond donors (Lipinski definition) is 6. The van der Waals surface area contributed by atoms with Crippen molar-refractivity contribution in [1.82, 2.24) is 0 Å². The van der Waals surface area contributed by atoms with E-state index in [1.165, 1.54) is 0 Å². The summed E-state index contributed by atoms with van der Waals surface area (Å²) in [4.78, 5) is 20.8. The van der Waals surface area contributed by atoms with Crippen molar-refractivity contribution < 1.29 is 30.3 Å². The first-order valence-corrected chi connectivity index (χ1v) is 7.64. The third-order valence-corrected chi connectivity index (χ3v) is 3.23. The molecule has 0 aliphatic rings. The van der Waals surface area contributed by atoms with Gasteiger partial charge in [0.1, 0.15) is 12.1 Å². The topological polar surface area (TPSA) is 167 Å². The Hall–Kier alpha value is -2.78. The van der Waals surface area contributed by atoms with Crippen LogP contribution in [-0.4, -0.2) is 44.7 Å². The molecular formula is C18H24N2O6. The molecule has 8 nitrogen and oxygen atoms in total. The largest absolute Gasteiger partial charge is 0.480 e. The van der Waals surface area contributed by atoms with Crippen molar-refractivity contribution in [2.75, 3.05) is 0 Å². The van der Waals surface area contributed by atoms with Crippen molar-refractivity contribution in [3.8, 4) is 0 Å². The second-order valence-corrected chi connectivity index (χ2v) is 5.27. The summed E-state index contributed by atoms with van der Waals surface area (Å²) in [6, 6.07) is 17.1. The second kappa shape index (κ2) is 13.5. The Bertz CT molecular complexity index is 579. The van der Waals surface area contributed by atoms with E-state index in [4.69, 9.17) is 32.2 Å². The number of hydrogen-bond acceptors (Lipinski definition) is 6. The molecule has 0 amide bonds. The van der Waals surface area contributed by atoms with Crippen molar-refractivity contribution in [2.45, 2.75) is 24.9 Å². The quantitative estimate of drug-likeness (QED) is 0.329. The molecule has 0 spiro atoms. The standard InChI is InChI=1S/2C9H11NO2.H2O2/c2*10-8(9(11)12)6-7-4-2-1-3-5-7;1-2/h2*1-5,8H,6,10H2,(H,11,12);1-2H/t2*8-;/m00./s1. The Labute approximate surface area is 151 Å². The molecule has 2 rings (SSSR count). The maximum atomic E-state index is 10.4. The minimum Gasteiger partial charge on any atom is -0.480 e. The molecule has 0 saturated carbocycles. The summed E-state index contributed by atoms with van der Waals surface area (Å²) < 4.78 is 0. The summed E-state index contributed by atoms with van der Waals surface area (Å²) in [6.07, 6.45) is 0.770. The van der Waals surface area contributed by atoms with Crippen LogP contribution < -0.4 is 11.5 Å². The Balaban J connectivity index is 0.000000439. The minimum absolute atomic E-state index is 0.385. The molecule has 0 unspecified atom stereocenters. The zero-order valence-corrected chi connectivity index (χ0v) is 14.1. The van der Waals surface area contributed by atoms with E-state index in [-0.39, 0.29) is 0 Å². The lowest BCUT2D eigenvalue weighted by atomic mass is 10.1. The fourth-order valence-corrected chi connectivity index (χ4v) is 1.91. The number of carboxylic acids is 2. The van der Waals surface area contributed by atoms with E-state index < -0.39 is 24.0 Å². The number of carbonyl (C=O) groups is 2. The van der Waals surface area contributed by atoms with Crippen LogP contribution in [0.5, 0.6) is 0 Å². The summed E-state index contributed by atoms with van der Waals surface area (Å²) in [5.41, 5.74) is 12.6. The van der Waals surface area contributed by atoms with Crippen LogP contribution in [0, 0.1) is 0 Å². The first-order chi connectivity index (χ1) is 12.4. The smallest absolute Gasteiger partial charge is 0.320 e. The number of benzene rings is 2. The fourth-order valence-electron chi connectivity index (χ4n) is 1.91. The third-order valence-electron chi connectivity index (χ3n) is 3.23. The van der Waals surface area contributed by atoms with Crippen LogP contribution in [0.3, 0.4) is 0 Å². The average Bonchev–Trinajstić information content (AvgIpc) is 2.65. The second-order valence-electron chi connectivity index (χ2n) is 5.27. The molecule has 0 aliphatic heterocycles. The van der Waals surface area contributed by atoms with Crippen molar-refractivity contribution in [2.24, 2.45) is 11.5 Å². The Kier molecular flexibility index (Phi) is 12.1. The van der Waals surface area contributed by atoms with Gasteiger partial charge in [0.05, 0.1) is 0 Å². The summed E-state index contributed by atoms with van der Waals surface area (Å²) in [5.74, 6) is -1.92. The molecule has 0 radical (unpaired) electrons. The van der Waals surface area contributed by atoms with Crippen LogP contribution in [0.15, 0.2) is 60.7 Å². The maximum absolute atomic E-state index is 10.4. The third kappa shape index (κ3) is 10.2. The lowest BCUT2D eigenvalue weighted by Gasteiger charge is -2.04. The fraction of sp³-hybridized carbons (Fsp3) is 0.222. The normalized spacial score (nSPS) is 11.7. The van der Waals surface area contributed by atoms with E-state index in [0.717, 1.165) is 11.1 Å². The van der Waals surface area contributed by atoms with Gasteiger partial charge in [0, 0.05) is 0 Å². The van der Waals surface area contributed by atoms with Crippen LogP contribution in [-0.2, 0) is 22.4 Å². The van der Waals surface area contributed by atoms with E-state index in [1.54, 1.807) is 0 Å². The average molecular weight is 364 g/mol. The molecule has 26 heavy (non-hydrogen) atoms. The molecule has 8 heteroatoms. The van der Waals surface area contributed by atoms with Crippen molar-refractivity contribution in [3.05, 3.63) is 71.8 Å². The van der Waals surface area contributed by atoms with Gasteiger partial charge in [0.25, 0.3) is 0 Å². The summed E-state index contributed by atoms with van der Waals surface area (Å²) in [6.45, 7) is 0. The Morgan fingerprint density at radius 3 is 1.19 bits per heavy atom. The first kappa shape index (κ1) is 23.2. The van der Waals surface area contributed by atoms with Crippen LogP contribution >= 0.6 is 0 Å². The van der Waals surface area contributed by atoms with Crippen LogP contribution in [0.1, 0.15) is 11.1 Å². The van der Waals surface area contributed by atoms with Gasteiger partial charge in [-0.3, -0.25) is 20.1 Å². The molecule has 0 aliphatic carbocycles. The molecule has 0 aromatic heterocycles. The molecule has 2 aromatic carbocycles. The number of aliphatic carboxylic acids is 2. The Morgan fingerprint density at radius 2 is 0.962 bits per heavy atom. The van der Waals surface area contributed by atoms with E-state index >= 15 is 0 Å². The van der Waals surface area contributed by atoms with Gasteiger partial charge >= 0.3 is 11.9 Å². The summed E-state index contributed by atoms with van der Waals surface area (Å²) >= 11 is 0. The lowest BCUT2D eigenvalue weighted by Crippen LogP contribution is -2.32. The van der Waals surface area contributed by atoms with Crippen LogP contribution in [0.25, 0.3) is 0 Å². The Morgan fingerprint density at radius 1 is 0.692 bits per heavy atom. The molecule has 0 fully saturated rings. The lowest BCUT2D eigenvalue weighted by molar-refractivity contribution is -0.176. The van der Waals surface area contributed by atoms with Crippen LogP contribution in [0.4, 0.5) is 0 Å². The zero-order chi connectivity index (χ0) is 19.9. The van der Waals surface area contributed by atoms with Gasteiger partial charge in [-0.25, -0.2) is 0 Å². The molecule has 0 heterocycles. The van der Waals surface area contributed by atoms with Gasteiger partial charge in [0.15, 0.2) is 0 Å². The molecule has 142 valence electrons. The predicted octanol–water partition coefficient (Wildman–Crippen LogP) is 1.30. The molecule has 2 atom stereocenters. The molecule has 8 N–H and O–H groups in total. The van der Waals surface area contributed by atoms with E-state index in [2.05, 4.69) is 0 Å². The van der Waals surface area contributed by atoms with Gasteiger partial charge in [-0.05, 0) is 24.0 Å². The molecular weight excluding hydrogens is 340 g/mol. The van der Waals surface area contributed by atoms with E-state index in [1.807, 2.05) is 60.7 Å². The first-order valence-electron chi connectivity index (χ1n) is 7.64. The van der Waals surface area contributed by atoms with Gasteiger partial charge in [-0.1, -0.05) is 60.7 Å². The number of carboxylic acid groups (broad SMARTS) is 2. The van der Waals surface area contributed by atoms with Gasteiger partial charge in [0.2, 0.25) is 0 Å². The SMILES string of the molecule is N[C@@H](Cc1ccccc1)C(=O)O.N[C@@H](Cc1ccccc1)C(=O)O.OO. The van der Waals surface area contributed by atoms with Crippen molar-refractivity contribution >= 4 is 11.9 Å². The zero-order valence-electron chi connectivity index (χ0n) is 14.1. The predicted molar refractivity (Wildman–Crippen MR) is 96.8 cm³/mol. The minimum atomic E-state index is -0.959. The highest BCUT2D eigenvalue weighted by Crippen LogP contribution is 2.02.